The maximum atomic E-state index is 13.4. The van der Waals surface area contributed by atoms with Gasteiger partial charge in [-0.2, -0.15) is 0 Å². The van der Waals surface area contributed by atoms with E-state index in [0.29, 0.717) is 61.1 Å². The molecule has 0 aromatic heterocycles. The van der Waals surface area contributed by atoms with Gasteiger partial charge in [-0.05, 0) is 51.5 Å². The van der Waals surface area contributed by atoms with Crippen LogP contribution in [0.1, 0.15) is 48.3 Å². The zero-order chi connectivity index (χ0) is 28.4. The third kappa shape index (κ3) is 5.36. The Hall–Kier alpha value is -4.05. The second-order valence-electron chi connectivity index (χ2n) is 10.3. The Morgan fingerprint density at radius 2 is 1.88 bits per heavy atom. The van der Waals surface area contributed by atoms with E-state index in [1.807, 2.05) is 49.9 Å². The lowest BCUT2D eigenvalue weighted by Crippen LogP contribution is -2.56. The average Bonchev–Trinajstić information content (AvgIpc) is 3.41. The molecular formula is C30H36N4O6. The van der Waals surface area contributed by atoms with Crippen LogP contribution < -0.4 is 14.8 Å². The highest BCUT2D eigenvalue weighted by Crippen LogP contribution is 2.34. The van der Waals surface area contributed by atoms with Gasteiger partial charge in [0, 0.05) is 50.0 Å². The van der Waals surface area contributed by atoms with Gasteiger partial charge < -0.3 is 24.4 Å². The highest BCUT2D eigenvalue weighted by molar-refractivity contribution is 5.96. The lowest BCUT2D eigenvalue weighted by atomic mass is 9.93. The van der Waals surface area contributed by atoms with Gasteiger partial charge in [0.05, 0.1) is 18.2 Å². The predicted molar refractivity (Wildman–Crippen MR) is 148 cm³/mol. The Labute approximate surface area is 234 Å². The molecule has 5 rings (SSSR count). The highest BCUT2D eigenvalue weighted by atomic mass is 16.7. The van der Waals surface area contributed by atoms with Gasteiger partial charge in [0.1, 0.15) is 0 Å². The van der Waals surface area contributed by atoms with E-state index in [1.165, 1.54) is 0 Å². The summed E-state index contributed by atoms with van der Waals surface area (Å²) < 4.78 is 16.3. The van der Waals surface area contributed by atoms with Gasteiger partial charge in [-0.25, -0.2) is 9.59 Å². The summed E-state index contributed by atoms with van der Waals surface area (Å²) in [5, 5.41) is 3.02. The number of nitrogens with zero attached hydrogens (tertiary/aromatic N) is 3. The number of benzene rings is 2. The molecule has 2 aromatic carbocycles. The maximum Gasteiger partial charge on any atom is 0.338 e. The summed E-state index contributed by atoms with van der Waals surface area (Å²) in [4.78, 5) is 45.7. The van der Waals surface area contributed by atoms with E-state index in [4.69, 9.17) is 14.2 Å². The summed E-state index contributed by atoms with van der Waals surface area (Å²) in [6, 6.07) is 12.1. The van der Waals surface area contributed by atoms with Gasteiger partial charge in [-0.15, -0.1) is 0 Å². The first-order chi connectivity index (χ1) is 19.3. The molecule has 212 valence electrons. The van der Waals surface area contributed by atoms with E-state index in [0.717, 1.165) is 11.1 Å². The normalized spacial score (nSPS) is 20.9. The van der Waals surface area contributed by atoms with Crippen molar-refractivity contribution in [3.8, 4) is 11.5 Å². The van der Waals surface area contributed by atoms with Crippen LogP contribution in [0.25, 0.3) is 0 Å². The number of amides is 3. The number of esters is 1. The molecule has 10 nitrogen and oxygen atoms in total. The molecule has 0 bridgehead atoms. The molecular weight excluding hydrogens is 512 g/mol. The molecule has 0 saturated carbocycles. The number of likely N-dealkylation sites (N-methyl/N-ethyl adjacent to an activating group) is 1. The minimum atomic E-state index is -0.615. The number of hydrogen-bond acceptors (Lipinski definition) is 7. The van der Waals surface area contributed by atoms with E-state index < -0.39 is 12.0 Å². The van der Waals surface area contributed by atoms with Crippen LogP contribution in [0.3, 0.4) is 0 Å². The maximum absolute atomic E-state index is 13.4. The van der Waals surface area contributed by atoms with Crippen molar-refractivity contribution < 1.29 is 28.6 Å². The Bertz CT molecular complexity index is 1340. The number of ether oxygens (including phenoxy) is 3. The topological polar surface area (TPSA) is 101 Å². The fourth-order valence-electron chi connectivity index (χ4n) is 5.64. The summed E-state index contributed by atoms with van der Waals surface area (Å²) in [5.41, 5.74) is 3.50. The summed E-state index contributed by atoms with van der Waals surface area (Å²) in [5.74, 6) is 0.714. The van der Waals surface area contributed by atoms with Crippen LogP contribution in [-0.2, 0) is 9.53 Å². The SMILES string of the molecule is CCOC(=O)C1=C(CN2CCN(C(=O)c3ccc4c(c3)OCO4)C(C)C2)N(CC)C(=O)NC1c1cccc(C)c1. The second-order valence-corrected chi connectivity index (χ2v) is 10.3. The molecule has 3 heterocycles. The lowest BCUT2D eigenvalue weighted by Gasteiger charge is -2.43. The number of rotatable bonds is 7. The van der Waals surface area contributed by atoms with Gasteiger partial charge in [-0.3, -0.25) is 14.6 Å². The number of aryl methyl sites for hydroxylation is 1. The number of urea groups is 1. The minimum absolute atomic E-state index is 0.0661. The molecule has 0 spiro atoms. The van der Waals surface area contributed by atoms with Crippen LogP contribution in [0, 0.1) is 6.92 Å². The molecule has 2 aromatic rings. The number of carbonyl (C=O) groups is 3. The smallest absolute Gasteiger partial charge is 0.338 e. The van der Waals surface area contributed by atoms with Crippen LogP contribution in [0.2, 0.25) is 0 Å². The number of piperazine rings is 1. The van der Waals surface area contributed by atoms with Gasteiger partial charge in [0.15, 0.2) is 11.5 Å². The Morgan fingerprint density at radius 3 is 2.60 bits per heavy atom. The van der Waals surface area contributed by atoms with Crippen molar-refractivity contribution in [2.45, 2.75) is 39.8 Å². The van der Waals surface area contributed by atoms with Crippen molar-refractivity contribution in [1.29, 1.82) is 0 Å². The molecule has 2 unspecified atom stereocenters. The molecule has 10 heteroatoms. The first-order valence-electron chi connectivity index (χ1n) is 13.8. The Kier molecular flexibility index (Phi) is 7.97. The molecule has 3 aliphatic rings. The van der Waals surface area contributed by atoms with E-state index in [1.54, 1.807) is 30.0 Å². The summed E-state index contributed by atoms with van der Waals surface area (Å²) in [7, 11) is 0. The summed E-state index contributed by atoms with van der Waals surface area (Å²) in [6.45, 7) is 10.5. The molecule has 1 N–H and O–H groups in total. The van der Waals surface area contributed by atoms with Crippen LogP contribution in [0.15, 0.2) is 53.7 Å². The van der Waals surface area contributed by atoms with E-state index >= 15 is 0 Å². The van der Waals surface area contributed by atoms with Crippen LogP contribution in [0.4, 0.5) is 4.79 Å². The predicted octanol–water partition coefficient (Wildman–Crippen LogP) is 3.47. The van der Waals surface area contributed by atoms with Crippen molar-refractivity contribution in [3.63, 3.8) is 0 Å². The fraction of sp³-hybridized carbons (Fsp3) is 0.433. The number of nitrogens with one attached hydrogen (secondary N) is 1. The van der Waals surface area contributed by atoms with Crippen LogP contribution in [0.5, 0.6) is 11.5 Å². The van der Waals surface area contributed by atoms with E-state index in [2.05, 4.69) is 10.2 Å². The largest absolute Gasteiger partial charge is 0.463 e. The summed E-state index contributed by atoms with van der Waals surface area (Å²) in [6.07, 6.45) is 0. The van der Waals surface area contributed by atoms with Crippen LogP contribution >= 0.6 is 0 Å². The first-order valence-corrected chi connectivity index (χ1v) is 13.8. The lowest BCUT2D eigenvalue weighted by molar-refractivity contribution is -0.139. The second kappa shape index (κ2) is 11.6. The number of carbonyl (C=O) groups excluding carboxylic acids is 3. The molecule has 0 aliphatic carbocycles. The van der Waals surface area contributed by atoms with Crippen molar-refractivity contribution in [2.75, 3.05) is 46.1 Å². The average molecular weight is 549 g/mol. The molecule has 3 amide bonds. The third-order valence-electron chi connectivity index (χ3n) is 7.59. The van der Waals surface area contributed by atoms with Gasteiger partial charge in [0.2, 0.25) is 6.79 Å². The summed E-state index contributed by atoms with van der Waals surface area (Å²) >= 11 is 0. The molecule has 3 aliphatic heterocycles. The Balaban J connectivity index is 1.40. The Morgan fingerprint density at radius 1 is 1.07 bits per heavy atom. The molecule has 1 fully saturated rings. The van der Waals surface area contributed by atoms with Crippen molar-refractivity contribution in [2.24, 2.45) is 0 Å². The molecule has 0 radical (unpaired) electrons. The molecule has 2 atom stereocenters. The van der Waals surface area contributed by atoms with E-state index in [9.17, 15) is 14.4 Å². The highest BCUT2D eigenvalue weighted by Gasteiger charge is 2.39. The molecule has 40 heavy (non-hydrogen) atoms. The fourth-order valence-corrected chi connectivity index (χ4v) is 5.64. The van der Waals surface area contributed by atoms with E-state index in [-0.39, 0.29) is 31.4 Å². The monoisotopic (exact) mass is 548 g/mol. The van der Waals surface area contributed by atoms with Crippen molar-refractivity contribution >= 4 is 17.9 Å². The number of fused-ring (bicyclic) bond motifs is 1. The zero-order valence-corrected chi connectivity index (χ0v) is 23.4. The minimum Gasteiger partial charge on any atom is -0.463 e. The van der Waals surface area contributed by atoms with Crippen molar-refractivity contribution in [1.82, 2.24) is 20.0 Å². The van der Waals surface area contributed by atoms with Crippen molar-refractivity contribution in [3.05, 3.63) is 70.4 Å². The van der Waals surface area contributed by atoms with Crippen LogP contribution in [-0.4, -0.2) is 84.8 Å². The van der Waals surface area contributed by atoms with Gasteiger partial charge in [-0.1, -0.05) is 29.8 Å². The quantitative estimate of drug-likeness (QED) is 0.529. The third-order valence-corrected chi connectivity index (χ3v) is 7.59. The van der Waals surface area contributed by atoms with Gasteiger partial charge >= 0.3 is 12.0 Å². The number of hydrogen-bond donors (Lipinski definition) is 1. The van der Waals surface area contributed by atoms with Gasteiger partial charge in [0.25, 0.3) is 5.91 Å². The molecule has 1 saturated heterocycles. The standard InChI is InChI=1S/C30H36N4O6/c1-5-33-23(26(29(36)38-6-2)27(31-30(33)37)21-9-7-8-19(3)14-21)17-32-12-13-34(20(4)16-32)28(35)22-10-11-24-25(15-22)40-18-39-24/h7-11,14-15,20,27H,5-6,12-13,16-18H2,1-4H3,(H,31,37). The first kappa shape index (κ1) is 27.5. The zero-order valence-electron chi connectivity index (χ0n) is 23.4.